The van der Waals surface area contributed by atoms with Gasteiger partial charge >= 0.3 is 5.97 Å². The first-order valence-corrected chi connectivity index (χ1v) is 13.0. The number of hydrogen-bond acceptors (Lipinski definition) is 10. The molecule has 2 aromatic rings. The maximum atomic E-state index is 13.7. The van der Waals surface area contributed by atoms with Gasteiger partial charge in [0.05, 0.1) is 10.7 Å². The predicted molar refractivity (Wildman–Crippen MR) is 133 cm³/mol. The molecule has 5 atom stereocenters. The van der Waals surface area contributed by atoms with Gasteiger partial charge in [-0.1, -0.05) is 17.7 Å². The fourth-order valence-corrected chi connectivity index (χ4v) is 7.36. The van der Waals surface area contributed by atoms with Crippen molar-refractivity contribution in [1.29, 1.82) is 0 Å². The maximum absolute atomic E-state index is 13.7. The van der Waals surface area contributed by atoms with Gasteiger partial charge in [0, 0.05) is 11.7 Å². The lowest BCUT2D eigenvalue weighted by Gasteiger charge is -2.50. The number of phenolic OH excluding ortho intramolecular Hbond substituents is 1. The van der Waals surface area contributed by atoms with Crippen LogP contribution in [0.2, 0.25) is 5.02 Å². The number of aromatic hydroxyl groups is 1. The third-order valence-corrected chi connectivity index (χ3v) is 8.88. The van der Waals surface area contributed by atoms with Gasteiger partial charge in [0.15, 0.2) is 12.1 Å². The van der Waals surface area contributed by atoms with E-state index >= 15 is 0 Å². The van der Waals surface area contributed by atoms with Gasteiger partial charge in [0.1, 0.15) is 29.2 Å². The minimum absolute atomic E-state index is 0.0715. The van der Waals surface area contributed by atoms with Gasteiger partial charge in [-0.3, -0.25) is 19.7 Å². The molecule has 12 nitrogen and oxygen atoms in total. The largest absolute Gasteiger partial charge is 0.506 e. The minimum Gasteiger partial charge on any atom is -0.506 e. The third-order valence-electron chi connectivity index (χ3n) is 7.02. The van der Waals surface area contributed by atoms with Crippen LogP contribution in [0.25, 0.3) is 0 Å². The lowest BCUT2D eigenvalue weighted by molar-refractivity contribution is -0.166. The van der Waals surface area contributed by atoms with E-state index in [0.29, 0.717) is 11.4 Å². The van der Waals surface area contributed by atoms with E-state index in [2.05, 4.69) is 20.8 Å². The topological polar surface area (TPSA) is 143 Å². The van der Waals surface area contributed by atoms with Gasteiger partial charge in [0.25, 0.3) is 0 Å². The fraction of sp³-hybridized carbons (Fsp3) is 0.565. The molecule has 0 bridgehead atoms. The van der Waals surface area contributed by atoms with Crippen LogP contribution in [0.4, 0.5) is 0 Å². The van der Waals surface area contributed by atoms with Crippen LogP contribution in [0, 0.1) is 0 Å². The Morgan fingerprint density at radius 2 is 1.95 bits per heavy atom. The molecule has 3 fully saturated rings. The number of amides is 2. The molecule has 0 aliphatic carbocycles. The highest BCUT2D eigenvalue weighted by Crippen LogP contribution is 2.59. The average molecular weight is 550 g/mol. The Hall–Kier alpha value is -2.90. The molecule has 5 unspecified atom stereocenters. The van der Waals surface area contributed by atoms with Gasteiger partial charge in [-0.15, -0.1) is 16.9 Å². The number of benzene rings is 1. The van der Waals surface area contributed by atoms with Crippen LogP contribution >= 0.6 is 23.4 Å². The van der Waals surface area contributed by atoms with E-state index in [9.17, 15) is 19.5 Å². The molecule has 14 heteroatoms. The van der Waals surface area contributed by atoms with E-state index in [1.807, 2.05) is 27.7 Å². The number of ether oxygens (including phenoxy) is 1. The van der Waals surface area contributed by atoms with Crippen LogP contribution in [0.5, 0.6) is 5.75 Å². The number of phenols is 1. The Morgan fingerprint density at radius 1 is 1.24 bits per heavy atom. The molecular weight excluding hydrogens is 522 g/mol. The van der Waals surface area contributed by atoms with Gasteiger partial charge in [-0.25, -0.2) is 0 Å². The first-order chi connectivity index (χ1) is 17.2. The van der Waals surface area contributed by atoms with E-state index in [4.69, 9.17) is 16.3 Å². The number of carbonyl (C=O) groups excluding carboxylic acids is 3. The number of halogens is 1. The molecule has 2 amide bonds. The van der Waals surface area contributed by atoms with Gasteiger partial charge in [-0.2, -0.15) is 4.68 Å². The highest BCUT2D eigenvalue weighted by molar-refractivity contribution is 8.01. The lowest BCUT2D eigenvalue weighted by atomic mass is 9.93. The van der Waals surface area contributed by atoms with Crippen molar-refractivity contribution in [3.8, 4) is 5.75 Å². The minimum atomic E-state index is -0.827. The number of aromatic nitrogens is 4. The van der Waals surface area contributed by atoms with E-state index in [0.717, 1.165) is 0 Å². The van der Waals surface area contributed by atoms with Crippen LogP contribution in [0.3, 0.4) is 0 Å². The summed E-state index contributed by atoms with van der Waals surface area (Å²) in [4.78, 5) is 42.3. The SMILES string of the molecule is CC(=O)OC(C)n1nnnc1C1N2C(=O)C(N3C(=O)C(c4ccc(O)c(Cl)c4)NC3(C)C)C2SC1(C)C. The van der Waals surface area contributed by atoms with Crippen LogP contribution in [0.1, 0.15) is 71.2 Å². The molecule has 2 N–H and O–H groups in total. The third kappa shape index (κ3) is 3.94. The molecule has 4 heterocycles. The van der Waals surface area contributed by atoms with Crippen molar-refractivity contribution in [2.24, 2.45) is 0 Å². The number of β-lactam (4-membered cyclic amide) rings is 1. The molecule has 0 saturated carbocycles. The average Bonchev–Trinajstić information content (AvgIpc) is 3.43. The van der Waals surface area contributed by atoms with Gasteiger partial charge in [0.2, 0.25) is 11.8 Å². The van der Waals surface area contributed by atoms with E-state index in [1.165, 1.54) is 17.7 Å². The van der Waals surface area contributed by atoms with Crippen molar-refractivity contribution in [2.45, 2.75) is 81.7 Å². The molecule has 37 heavy (non-hydrogen) atoms. The number of carbonyl (C=O) groups is 3. The first-order valence-electron chi connectivity index (χ1n) is 11.8. The summed E-state index contributed by atoms with van der Waals surface area (Å²) in [5.41, 5.74) is -0.227. The van der Waals surface area contributed by atoms with Crippen molar-refractivity contribution in [2.75, 3.05) is 0 Å². The monoisotopic (exact) mass is 549 g/mol. The molecule has 3 aliphatic rings. The number of tetrazole rings is 1. The molecule has 3 saturated heterocycles. The lowest BCUT2D eigenvalue weighted by Crippen LogP contribution is -2.71. The Bertz CT molecular complexity index is 1300. The number of hydrogen-bond donors (Lipinski definition) is 2. The molecule has 1 aromatic carbocycles. The summed E-state index contributed by atoms with van der Waals surface area (Å²) in [7, 11) is 0. The van der Waals surface area contributed by atoms with Crippen molar-refractivity contribution >= 4 is 41.1 Å². The van der Waals surface area contributed by atoms with Gasteiger partial charge < -0.3 is 19.6 Å². The number of esters is 1. The molecule has 1 aromatic heterocycles. The number of thioether (sulfide) groups is 1. The van der Waals surface area contributed by atoms with Crippen LogP contribution < -0.4 is 5.32 Å². The Morgan fingerprint density at radius 3 is 2.59 bits per heavy atom. The highest BCUT2D eigenvalue weighted by atomic mass is 35.5. The Labute approximate surface area is 222 Å². The zero-order valence-electron chi connectivity index (χ0n) is 21.2. The number of fused-ring (bicyclic) bond motifs is 1. The first kappa shape index (κ1) is 25.7. The summed E-state index contributed by atoms with van der Waals surface area (Å²) in [6, 6.07) is 2.71. The standard InChI is InChI=1S/C23H28ClN7O5S/c1-10(36-11(2)32)31-18(26-27-28-31)17-22(3,4)37-21-16(20(35)29(17)21)30-19(34)15(25-23(30,5)6)12-7-8-14(33)13(24)9-12/h7-10,15-17,21,25,33H,1-6H3. The van der Waals surface area contributed by atoms with Crippen molar-refractivity contribution in [3.05, 3.63) is 34.6 Å². The van der Waals surface area contributed by atoms with Gasteiger partial charge in [-0.05, 0) is 62.7 Å². The second kappa shape index (κ2) is 8.57. The Balaban J connectivity index is 1.44. The van der Waals surface area contributed by atoms with E-state index < -0.39 is 40.7 Å². The highest BCUT2D eigenvalue weighted by Gasteiger charge is 2.68. The summed E-state index contributed by atoms with van der Waals surface area (Å²) >= 11 is 7.66. The zero-order valence-corrected chi connectivity index (χ0v) is 22.7. The van der Waals surface area contributed by atoms with Crippen molar-refractivity contribution in [3.63, 3.8) is 0 Å². The molecule has 0 spiro atoms. The summed E-state index contributed by atoms with van der Waals surface area (Å²) < 4.78 is 6.18. The molecule has 3 aliphatic heterocycles. The van der Waals surface area contributed by atoms with Crippen molar-refractivity contribution in [1.82, 2.24) is 35.3 Å². The summed E-state index contributed by atoms with van der Waals surface area (Å²) in [5.74, 6) is -0.603. The molecule has 0 radical (unpaired) electrons. The smallest absolute Gasteiger partial charge is 0.304 e. The van der Waals surface area contributed by atoms with Crippen LogP contribution in [-0.2, 0) is 19.1 Å². The molecule has 198 valence electrons. The van der Waals surface area contributed by atoms with E-state index in [1.54, 1.807) is 40.6 Å². The quantitative estimate of drug-likeness (QED) is 0.420. The predicted octanol–water partition coefficient (Wildman–Crippen LogP) is 2.13. The molecule has 5 rings (SSSR count). The summed E-state index contributed by atoms with van der Waals surface area (Å²) in [5, 5.41) is 24.9. The molecular formula is C23H28ClN7O5S. The van der Waals surface area contributed by atoms with Crippen LogP contribution in [-0.4, -0.2) is 74.7 Å². The van der Waals surface area contributed by atoms with E-state index in [-0.39, 0.29) is 28.0 Å². The normalized spacial score (nSPS) is 28.7. The summed E-state index contributed by atoms with van der Waals surface area (Å²) in [6.45, 7) is 10.7. The number of nitrogens with one attached hydrogen (secondary N) is 1. The second-order valence-corrected chi connectivity index (χ2v) is 12.6. The number of rotatable bonds is 5. The zero-order chi connectivity index (χ0) is 27.0. The fourth-order valence-electron chi connectivity index (χ4n) is 5.49. The second-order valence-electron chi connectivity index (χ2n) is 10.5. The maximum Gasteiger partial charge on any atom is 0.304 e. The number of nitrogens with zero attached hydrogens (tertiary/aromatic N) is 6. The summed E-state index contributed by atoms with van der Waals surface area (Å²) in [6.07, 6.45) is -0.754. The van der Waals surface area contributed by atoms with Crippen molar-refractivity contribution < 1.29 is 24.2 Å². The Kier molecular flexibility index (Phi) is 5.96. The van der Waals surface area contributed by atoms with Crippen LogP contribution in [0.15, 0.2) is 18.2 Å².